The van der Waals surface area contributed by atoms with Crippen molar-refractivity contribution in [3.05, 3.63) is 40.1 Å². The Bertz CT molecular complexity index is 512. The van der Waals surface area contributed by atoms with Gasteiger partial charge in [-0.3, -0.25) is 4.68 Å². The van der Waals surface area contributed by atoms with Crippen molar-refractivity contribution in [2.45, 2.75) is 19.4 Å². The lowest BCUT2D eigenvalue weighted by Crippen LogP contribution is -2.09. The van der Waals surface area contributed by atoms with Crippen LogP contribution >= 0.6 is 15.9 Å². The van der Waals surface area contributed by atoms with Gasteiger partial charge in [0.05, 0.1) is 15.9 Å². The minimum Gasteiger partial charge on any atom is -0.385 e. The van der Waals surface area contributed by atoms with Gasteiger partial charge in [-0.2, -0.15) is 5.10 Å². The highest BCUT2D eigenvalue weighted by atomic mass is 79.9. The average Bonchev–Trinajstić information content (AvgIpc) is 2.57. The van der Waals surface area contributed by atoms with Crippen LogP contribution in [0.25, 0.3) is 0 Å². The Morgan fingerprint density at radius 2 is 2.06 bits per heavy atom. The van der Waals surface area contributed by atoms with Crippen LogP contribution in [0, 0.1) is 6.92 Å². The number of aliphatic hydroxyl groups is 1. The molecule has 0 aromatic carbocycles. The average molecular weight is 297 g/mol. The molecule has 2 heterocycles. The van der Waals surface area contributed by atoms with Crippen molar-refractivity contribution in [3.63, 3.8) is 0 Å². The Balaban J connectivity index is 2.22. The van der Waals surface area contributed by atoms with Crippen molar-refractivity contribution >= 4 is 15.9 Å². The molecule has 1 atom stereocenters. The van der Waals surface area contributed by atoms with E-state index in [2.05, 4.69) is 31.0 Å². The Hall–Kier alpha value is -1.27. The number of aromatic nitrogens is 4. The summed E-state index contributed by atoms with van der Waals surface area (Å²) in [6, 6.07) is 1.72. The third-order valence-corrected chi connectivity index (χ3v) is 3.56. The van der Waals surface area contributed by atoms with E-state index in [-0.39, 0.29) is 0 Å². The molecule has 90 valence electrons. The zero-order chi connectivity index (χ0) is 12.4. The summed E-state index contributed by atoms with van der Waals surface area (Å²) >= 11 is 3.47. The van der Waals surface area contributed by atoms with Crippen molar-refractivity contribution in [1.29, 1.82) is 0 Å². The van der Waals surface area contributed by atoms with Crippen molar-refractivity contribution < 1.29 is 5.11 Å². The summed E-state index contributed by atoms with van der Waals surface area (Å²) in [6.07, 6.45) is 2.95. The van der Waals surface area contributed by atoms with Crippen LogP contribution in [0.2, 0.25) is 0 Å². The smallest absolute Gasteiger partial charge is 0.157 e. The molecule has 0 saturated heterocycles. The lowest BCUT2D eigenvalue weighted by Gasteiger charge is -2.09. The molecule has 5 nitrogen and oxygen atoms in total. The summed E-state index contributed by atoms with van der Waals surface area (Å²) in [6.45, 7) is 1.92. The summed E-state index contributed by atoms with van der Waals surface area (Å²) in [7, 11) is 1.85. The first-order chi connectivity index (χ1) is 8.09. The number of aliphatic hydroxyl groups excluding tert-OH is 1. The number of nitrogens with zero attached hydrogens (tertiary/aromatic N) is 4. The maximum Gasteiger partial charge on any atom is 0.157 e. The van der Waals surface area contributed by atoms with Gasteiger partial charge < -0.3 is 5.11 Å². The molecule has 1 unspecified atom stereocenters. The molecule has 2 rings (SSSR count). The topological polar surface area (TPSA) is 63.8 Å². The van der Waals surface area contributed by atoms with Crippen LogP contribution in [0.4, 0.5) is 0 Å². The largest absolute Gasteiger partial charge is 0.385 e. The molecule has 0 spiro atoms. The molecule has 2 aromatic rings. The summed E-state index contributed by atoms with van der Waals surface area (Å²) < 4.78 is 2.68. The van der Waals surface area contributed by atoms with E-state index in [0.717, 1.165) is 15.9 Å². The zero-order valence-corrected chi connectivity index (χ0v) is 11.2. The molecule has 0 saturated carbocycles. The maximum absolute atomic E-state index is 10.0. The predicted octanol–water partition coefficient (Wildman–Crippen LogP) is 1.56. The number of rotatable bonds is 3. The molecule has 0 aliphatic carbocycles. The zero-order valence-electron chi connectivity index (χ0n) is 9.63. The second-order valence-electron chi connectivity index (χ2n) is 3.80. The molecule has 0 aliphatic heterocycles. The van der Waals surface area contributed by atoms with Gasteiger partial charge in [-0.15, -0.1) is 0 Å². The minimum atomic E-state index is -0.720. The number of aryl methyl sites for hydroxylation is 2. The van der Waals surface area contributed by atoms with E-state index < -0.39 is 6.10 Å². The normalized spacial score (nSPS) is 12.7. The standard InChI is InChI=1S/C11H13BrN4O/c1-7-10(12)8(16(2)15-7)6-9(17)11-13-4-3-5-14-11/h3-5,9,17H,6H2,1-2H3. The van der Waals surface area contributed by atoms with Crippen LogP contribution in [-0.4, -0.2) is 24.9 Å². The summed E-state index contributed by atoms with van der Waals surface area (Å²) in [5.74, 6) is 0.429. The van der Waals surface area contributed by atoms with Gasteiger partial charge in [0, 0.05) is 25.9 Å². The van der Waals surface area contributed by atoms with Gasteiger partial charge in [0.15, 0.2) is 5.82 Å². The van der Waals surface area contributed by atoms with Gasteiger partial charge >= 0.3 is 0 Å². The first-order valence-electron chi connectivity index (χ1n) is 5.22. The fourth-order valence-corrected chi connectivity index (χ4v) is 2.16. The molecule has 1 N–H and O–H groups in total. The molecule has 0 radical (unpaired) electrons. The van der Waals surface area contributed by atoms with Gasteiger partial charge in [0.25, 0.3) is 0 Å². The molecule has 2 aromatic heterocycles. The van der Waals surface area contributed by atoms with Gasteiger partial charge in [0.1, 0.15) is 6.10 Å². The summed E-state index contributed by atoms with van der Waals surface area (Å²) in [4.78, 5) is 8.07. The van der Waals surface area contributed by atoms with E-state index in [9.17, 15) is 5.11 Å². The van der Waals surface area contributed by atoms with E-state index in [0.29, 0.717) is 12.2 Å². The first-order valence-corrected chi connectivity index (χ1v) is 6.02. The molecule has 6 heteroatoms. The second kappa shape index (κ2) is 4.93. The summed E-state index contributed by atoms with van der Waals surface area (Å²) in [5.41, 5.74) is 1.84. The highest BCUT2D eigenvalue weighted by Crippen LogP contribution is 2.24. The molecule has 0 fully saturated rings. The Morgan fingerprint density at radius 1 is 1.41 bits per heavy atom. The fraction of sp³-hybridized carbons (Fsp3) is 0.364. The lowest BCUT2D eigenvalue weighted by atomic mass is 10.2. The SMILES string of the molecule is Cc1nn(C)c(CC(O)c2ncccn2)c1Br. The van der Waals surface area contributed by atoms with Gasteiger partial charge in [-0.25, -0.2) is 9.97 Å². The highest BCUT2D eigenvalue weighted by Gasteiger charge is 2.17. The van der Waals surface area contributed by atoms with Crippen molar-refractivity contribution in [2.24, 2.45) is 7.05 Å². The predicted molar refractivity (Wildman–Crippen MR) is 66.3 cm³/mol. The number of hydrogen-bond donors (Lipinski definition) is 1. The van der Waals surface area contributed by atoms with Gasteiger partial charge in [-0.05, 0) is 28.9 Å². The third kappa shape index (κ3) is 2.53. The van der Waals surface area contributed by atoms with Gasteiger partial charge in [0.2, 0.25) is 0 Å². The molecule has 0 aliphatic rings. The van der Waals surface area contributed by atoms with Crippen LogP contribution in [0.5, 0.6) is 0 Å². The van der Waals surface area contributed by atoms with Crippen molar-refractivity contribution in [3.8, 4) is 0 Å². The van der Waals surface area contributed by atoms with E-state index in [1.54, 1.807) is 23.1 Å². The highest BCUT2D eigenvalue weighted by molar-refractivity contribution is 9.10. The van der Waals surface area contributed by atoms with Gasteiger partial charge in [-0.1, -0.05) is 0 Å². The van der Waals surface area contributed by atoms with Crippen LogP contribution in [0.1, 0.15) is 23.3 Å². The quantitative estimate of drug-likeness (QED) is 0.933. The summed E-state index contributed by atoms with van der Waals surface area (Å²) in [5, 5.41) is 14.3. The monoisotopic (exact) mass is 296 g/mol. The molecular formula is C11H13BrN4O. The molecule has 17 heavy (non-hydrogen) atoms. The van der Waals surface area contributed by atoms with Crippen LogP contribution in [0.3, 0.4) is 0 Å². The van der Waals surface area contributed by atoms with E-state index in [1.807, 2.05) is 14.0 Å². The molecule has 0 bridgehead atoms. The maximum atomic E-state index is 10.0. The Morgan fingerprint density at radius 3 is 2.59 bits per heavy atom. The van der Waals surface area contributed by atoms with Crippen LogP contribution < -0.4 is 0 Å². The second-order valence-corrected chi connectivity index (χ2v) is 4.59. The first kappa shape index (κ1) is 12.2. The number of halogens is 1. The van der Waals surface area contributed by atoms with Crippen LogP contribution in [-0.2, 0) is 13.5 Å². The Kier molecular flexibility index (Phi) is 3.54. The van der Waals surface area contributed by atoms with Crippen LogP contribution in [0.15, 0.2) is 22.9 Å². The third-order valence-electron chi connectivity index (χ3n) is 2.53. The molecular weight excluding hydrogens is 284 g/mol. The van der Waals surface area contributed by atoms with E-state index >= 15 is 0 Å². The molecule has 0 amide bonds. The van der Waals surface area contributed by atoms with Crippen molar-refractivity contribution in [1.82, 2.24) is 19.7 Å². The lowest BCUT2D eigenvalue weighted by molar-refractivity contribution is 0.165. The Labute approximate surface area is 108 Å². The van der Waals surface area contributed by atoms with E-state index in [4.69, 9.17) is 0 Å². The minimum absolute atomic E-state index is 0.429. The fourth-order valence-electron chi connectivity index (χ4n) is 1.66. The van der Waals surface area contributed by atoms with E-state index in [1.165, 1.54) is 0 Å². The van der Waals surface area contributed by atoms with Crippen molar-refractivity contribution in [2.75, 3.05) is 0 Å². The number of hydrogen-bond acceptors (Lipinski definition) is 4.